The molecule has 0 saturated heterocycles. The topological polar surface area (TPSA) is 32.3 Å². The number of rotatable bonds is 3. The van der Waals surface area contributed by atoms with Crippen LogP contribution in [0.5, 0.6) is 0 Å². The maximum atomic E-state index is 8.59. The second-order valence-electron chi connectivity index (χ2n) is 1.84. The molecule has 0 aromatic heterocycles. The average molecular weight is 143 g/mol. The quantitative estimate of drug-likeness (QED) is 0.347. The first kappa shape index (κ1) is 8.46. The molecule has 0 spiro atoms. The van der Waals surface area contributed by atoms with Crippen molar-refractivity contribution in [3.05, 3.63) is 24.1 Å². The minimum Gasteiger partial charge on any atom is -0.516 e. The maximum Gasteiger partial charge on any atom is 0.141 e. The third-order valence-electron chi connectivity index (χ3n) is 1.32. The fraction of sp³-hybridized carbons (Fsp3) is 0.333. The highest BCUT2D eigenvalue weighted by atomic mass is 28.3. The van der Waals surface area contributed by atoms with Crippen molar-refractivity contribution in [1.82, 2.24) is 4.98 Å². The molecule has 0 bridgehead atoms. The number of allylic oxidation sites excluding steroid dienone is 2. The van der Waals surface area contributed by atoms with E-state index in [1.807, 2.05) is 7.05 Å². The summed E-state index contributed by atoms with van der Waals surface area (Å²) < 4.78 is 0. The summed E-state index contributed by atoms with van der Waals surface area (Å²) in [5.74, 6) is 0. The van der Waals surface area contributed by atoms with Crippen molar-refractivity contribution in [3.63, 3.8) is 0 Å². The van der Waals surface area contributed by atoms with Crippen LogP contribution in [0.1, 0.15) is 0 Å². The third-order valence-corrected chi connectivity index (χ3v) is 3.57. The minimum atomic E-state index is -1.05. The molecule has 0 aliphatic rings. The van der Waals surface area contributed by atoms with Gasteiger partial charge in [0, 0.05) is 0 Å². The molecule has 1 atom stereocenters. The van der Waals surface area contributed by atoms with Crippen molar-refractivity contribution in [1.29, 1.82) is 0 Å². The Bertz CT molecular complexity index is 122. The lowest BCUT2D eigenvalue weighted by Crippen LogP contribution is -2.28. The van der Waals surface area contributed by atoms with E-state index in [1.54, 1.807) is 6.08 Å². The first-order chi connectivity index (χ1) is 4.26. The molecule has 0 aromatic carbocycles. The number of aliphatic hydroxyl groups excluding tert-OH is 1. The Morgan fingerprint density at radius 2 is 2.33 bits per heavy atom. The van der Waals surface area contributed by atoms with Gasteiger partial charge >= 0.3 is 0 Å². The molecule has 2 N–H and O–H groups in total. The van der Waals surface area contributed by atoms with E-state index >= 15 is 0 Å². The second-order valence-corrected chi connectivity index (χ2v) is 4.53. The molecule has 0 saturated carbocycles. The zero-order valence-corrected chi connectivity index (χ0v) is 7.04. The standard InChI is InChI=1S/C6H13NOSi/c1-4-6(5-8)9(3)7-2/h4-5,7-9H,1H2,2-3H3/b6-5-. The van der Waals surface area contributed by atoms with Gasteiger partial charge in [0.2, 0.25) is 0 Å². The van der Waals surface area contributed by atoms with E-state index in [1.165, 1.54) is 0 Å². The first-order valence-electron chi connectivity index (χ1n) is 2.90. The third kappa shape index (κ3) is 2.48. The lowest BCUT2D eigenvalue weighted by atomic mass is 10.6. The minimum absolute atomic E-state index is 0.942. The van der Waals surface area contributed by atoms with E-state index in [4.69, 9.17) is 5.11 Å². The summed E-state index contributed by atoms with van der Waals surface area (Å²) in [5.41, 5.74) is 0. The van der Waals surface area contributed by atoms with E-state index < -0.39 is 8.96 Å². The fourth-order valence-corrected chi connectivity index (χ4v) is 1.42. The van der Waals surface area contributed by atoms with Crippen LogP contribution in [-0.2, 0) is 0 Å². The predicted octanol–water partition coefficient (Wildman–Crippen LogP) is 0.726. The summed E-state index contributed by atoms with van der Waals surface area (Å²) in [6, 6.07) is 0. The van der Waals surface area contributed by atoms with Gasteiger partial charge in [-0.2, -0.15) is 0 Å². The lowest BCUT2D eigenvalue weighted by molar-refractivity contribution is 0.472. The molecule has 9 heavy (non-hydrogen) atoms. The molecule has 0 amide bonds. The number of hydrogen-bond acceptors (Lipinski definition) is 2. The molecule has 0 aliphatic heterocycles. The van der Waals surface area contributed by atoms with Crippen LogP contribution in [-0.4, -0.2) is 21.1 Å². The molecule has 3 heteroatoms. The number of hydrogen-bond donors (Lipinski definition) is 2. The van der Waals surface area contributed by atoms with Crippen molar-refractivity contribution in [2.75, 3.05) is 7.05 Å². The van der Waals surface area contributed by atoms with Crippen molar-refractivity contribution >= 4 is 8.96 Å². The SMILES string of the molecule is C=C/C(=C/O)[SiH](C)NC. The summed E-state index contributed by atoms with van der Waals surface area (Å²) >= 11 is 0. The van der Waals surface area contributed by atoms with Gasteiger partial charge in [0.05, 0.1) is 6.26 Å². The molecule has 0 aromatic rings. The Kier molecular flexibility index (Phi) is 4.08. The van der Waals surface area contributed by atoms with Crippen molar-refractivity contribution in [3.8, 4) is 0 Å². The van der Waals surface area contributed by atoms with Gasteiger partial charge in [-0.05, 0) is 12.2 Å². The van der Waals surface area contributed by atoms with Gasteiger partial charge in [0.25, 0.3) is 0 Å². The largest absolute Gasteiger partial charge is 0.516 e. The van der Waals surface area contributed by atoms with Crippen LogP contribution < -0.4 is 4.98 Å². The van der Waals surface area contributed by atoms with Crippen LogP contribution in [0.2, 0.25) is 6.55 Å². The zero-order valence-electron chi connectivity index (χ0n) is 5.89. The van der Waals surface area contributed by atoms with Crippen molar-refractivity contribution < 1.29 is 5.11 Å². The molecule has 52 valence electrons. The maximum absolute atomic E-state index is 8.59. The van der Waals surface area contributed by atoms with E-state index in [9.17, 15) is 0 Å². The van der Waals surface area contributed by atoms with Crippen LogP contribution in [0.4, 0.5) is 0 Å². The fourth-order valence-electron chi connectivity index (χ4n) is 0.508. The number of aliphatic hydroxyl groups is 1. The van der Waals surface area contributed by atoms with E-state index in [0.29, 0.717) is 0 Å². The lowest BCUT2D eigenvalue weighted by Gasteiger charge is -2.06. The summed E-state index contributed by atoms with van der Waals surface area (Å²) in [7, 11) is 0.840. The molecule has 0 radical (unpaired) electrons. The highest BCUT2D eigenvalue weighted by Crippen LogP contribution is 1.96. The van der Waals surface area contributed by atoms with Gasteiger partial charge in [-0.15, -0.1) is 0 Å². The molecule has 0 rings (SSSR count). The smallest absolute Gasteiger partial charge is 0.141 e. The Morgan fingerprint density at radius 3 is 2.44 bits per heavy atom. The van der Waals surface area contributed by atoms with Gasteiger partial charge in [0.15, 0.2) is 0 Å². The summed E-state index contributed by atoms with van der Waals surface area (Å²) in [4.78, 5) is 3.11. The monoisotopic (exact) mass is 143 g/mol. The van der Waals surface area contributed by atoms with Crippen LogP contribution in [0.25, 0.3) is 0 Å². The zero-order chi connectivity index (χ0) is 7.28. The second kappa shape index (κ2) is 4.35. The number of nitrogens with one attached hydrogen (secondary N) is 1. The van der Waals surface area contributed by atoms with Crippen LogP contribution in [0.15, 0.2) is 24.1 Å². The van der Waals surface area contributed by atoms with Gasteiger partial charge in [-0.3, -0.25) is 0 Å². The molecule has 0 fully saturated rings. The Labute approximate surface area is 57.6 Å². The average Bonchev–Trinajstić information content (AvgIpc) is 1.90. The van der Waals surface area contributed by atoms with Crippen LogP contribution >= 0.6 is 0 Å². The van der Waals surface area contributed by atoms with E-state index in [0.717, 1.165) is 11.5 Å². The molecular formula is C6H13NOSi. The van der Waals surface area contributed by atoms with E-state index in [2.05, 4.69) is 18.1 Å². The highest BCUT2D eigenvalue weighted by molar-refractivity contribution is 6.63. The Morgan fingerprint density at radius 1 is 1.78 bits per heavy atom. The molecule has 1 unspecified atom stereocenters. The Balaban J connectivity index is 3.95. The van der Waals surface area contributed by atoms with Gasteiger partial charge in [-0.25, -0.2) is 0 Å². The molecule has 0 aliphatic carbocycles. The summed E-state index contributed by atoms with van der Waals surface area (Å²) in [6.45, 7) is 5.65. The normalized spacial score (nSPS) is 15.1. The highest BCUT2D eigenvalue weighted by Gasteiger charge is 2.02. The van der Waals surface area contributed by atoms with Crippen molar-refractivity contribution in [2.45, 2.75) is 6.55 Å². The van der Waals surface area contributed by atoms with Crippen LogP contribution in [0.3, 0.4) is 0 Å². The molecular weight excluding hydrogens is 130 g/mol. The van der Waals surface area contributed by atoms with Gasteiger partial charge < -0.3 is 10.1 Å². The van der Waals surface area contributed by atoms with E-state index in [-0.39, 0.29) is 0 Å². The predicted molar refractivity (Wildman–Crippen MR) is 43.0 cm³/mol. The first-order valence-corrected chi connectivity index (χ1v) is 5.21. The van der Waals surface area contributed by atoms with Crippen LogP contribution in [0, 0.1) is 0 Å². The van der Waals surface area contributed by atoms with Crippen molar-refractivity contribution in [2.24, 2.45) is 0 Å². The van der Waals surface area contributed by atoms with Gasteiger partial charge in [0.1, 0.15) is 8.96 Å². The molecule has 2 nitrogen and oxygen atoms in total. The summed E-state index contributed by atoms with van der Waals surface area (Å²) in [5, 5.41) is 9.53. The molecule has 0 heterocycles. The summed E-state index contributed by atoms with van der Waals surface area (Å²) in [6.07, 6.45) is 2.81. The Hall–Kier alpha value is -0.543. The van der Waals surface area contributed by atoms with Gasteiger partial charge in [-0.1, -0.05) is 19.2 Å².